The predicted octanol–water partition coefficient (Wildman–Crippen LogP) is 3.53. The third-order valence-electron chi connectivity index (χ3n) is 2.07. The van der Waals surface area contributed by atoms with Crippen LogP contribution in [0.3, 0.4) is 0 Å². The molecule has 0 saturated carbocycles. The second-order valence-electron chi connectivity index (χ2n) is 3.16. The maximum Gasteiger partial charge on any atom is 0.123 e. The molecule has 0 fully saturated rings. The van der Waals surface area contributed by atoms with Gasteiger partial charge in [0.05, 0.1) is 6.54 Å². The number of halogens is 2. The van der Waals surface area contributed by atoms with Crippen LogP contribution < -0.4 is 0 Å². The lowest BCUT2D eigenvalue weighted by Crippen LogP contribution is -1.94. The van der Waals surface area contributed by atoms with E-state index in [4.69, 9.17) is 11.6 Å². The Balaban J connectivity index is 2.52. The SMILES string of the molecule is C=C(Cl)Cn1ccc2cc(F)ccc21. The van der Waals surface area contributed by atoms with E-state index >= 15 is 0 Å². The fraction of sp³-hybridized carbons (Fsp3) is 0.0909. The number of allylic oxidation sites excluding steroid dienone is 1. The highest BCUT2D eigenvalue weighted by Crippen LogP contribution is 2.18. The van der Waals surface area contributed by atoms with Crippen LogP contribution >= 0.6 is 11.6 Å². The Morgan fingerprint density at radius 2 is 2.21 bits per heavy atom. The first-order valence-electron chi connectivity index (χ1n) is 4.24. The lowest BCUT2D eigenvalue weighted by Gasteiger charge is -2.02. The van der Waals surface area contributed by atoms with Crippen LogP contribution in [0.15, 0.2) is 42.1 Å². The topological polar surface area (TPSA) is 4.93 Å². The Kier molecular flexibility index (Phi) is 2.30. The maximum atomic E-state index is 12.9. The van der Waals surface area contributed by atoms with Crippen LogP contribution in [0.1, 0.15) is 0 Å². The van der Waals surface area contributed by atoms with Gasteiger partial charge in [-0.25, -0.2) is 4.39 Å². The Morgan fingerprint density at radius 1 is 1.43 bits per heavy atom. The largest absolute Gasteiger partial charge is 0.342 e. The van der Waals surface area contributed by atoms with Crippen molar-refractivity contribution in [1.82, 2.24) is 4.57 Å². The van der Waals surface area contributed by atoms with Crippen molar-refractivity contribution in [3.05, 3.63) is 47.9 Å². The summed E-state index contributed by atoms with van der Waals surface area (Å²) in [5, 5.41) is 1.44. The molecule has 0 aliphatic heterocycles. The van der Waals surface area contributed by atoms with E-state index in [2.05, 4.69) is 6.58 Å². The van der Waals surface area contributed by atoms with Crippen LogP contribution in [0.25, 0.3) is 10.9 Å². The van der Waals surface area contributed by atoms with Gasteiger partial charge in [-0.05, 0) is 24.3 Å². The van der Waals surface area contributed by atoms with E-state index in [1.165, 1.54) is 12.1 Å². The van der Waals surface area contributed by atoms with Gasteiger partial charge in [0, 0.05) is 22.1 Å². The molecule has 0 spiro atoms. The van der Waals surface area contributed by atoms with Crippen molar-refractivity contribution < 1.29 is 4.39 Å². The fourth-order valence-electron chi connectivity index (χ4n) is 1.49. The van der Waals surface area contributed by atoms with E-state index in [0.717, 1.165) is 10.9 Å². The average Bonchev–Trinajstić information content (AvgIpc) is 2.47. The van der Waals surface area contributed by atoms with Crippen molar-refractivity contribution in [3.8, 4) is 0 Å². The summed E-state index contributed by atoms with van der Waals surface area (Å²) in [7, 11) is 0. The van der Waals surface area contributed by atoms with Gasteiger partial charge < -0.3 is 4.57 Å². The van der Waals surface area contributed by atoms with Gasteiger partial charge in [-0.3, -0.25) is 0 Å². The molecule has 1 aromatic heterocycles. The van der Waals surface area contributed by atoms with Crippen LogP contribution in [0, 0.1) is 5.82 Å². The smallest absolute Gasteiger partial charge is 0.123 e. The molecule has 0 bridgehead atoms. The molecule has 3 heteroatoms. The third kappa shape index (κ3) is 1.66. The molecule has 1 heterocycles. The molecule has 72 valence electrons. The highest BCUT2D eigenvalue weighted by molar-refractivity contribution is 6.29. The first kappa shape index (κ1) is 9.28. The summed E-state index contributed by atoms with van der Waals surface area (Å²) in [6.07, 6.45) is 1.87. The van der Waals surface area contributed by atoms with Gasteiger partial charge in [0.25, 0.3) is 0 Å². The van der Waals surface area contributed by atoms with E-state index in [0.29, 0.717) is 11.6 Å². The van der Waals surface area contributed by atoms with Crippen molar-refractivity contribution in [2.75, 3.05) is 0 Å². The van der Waals surface area contributed by atoms with Crippen LogP contribution in [0.2, 0.25) is 0 Å². The normalized spacial score (nSPS) is 10.7. The second kappa shape index (κ2) is 3.46. The first-order chi connectivity index (χ1) is 6.66. The molecule has 0 N–H and O–H groups in total. The lowest BCUT2D eigenvalue weighted by molar-refractivity contribution is 0.629. The monoisotopic (exact) mass is 209 g/mol. The van der Waals surface area contributed by atoms with Crippen LogP contribution in [0.5, 0.6) is 0 Å². The molecule has 0 amide bonds. The van der Waals surface area contributed by atoms with Gasteiger partial charge in [-0.2, -0.15) is 0 Å². The van der Waals surface area contributed by atoms with Crippen LogP contribution in [0.4, 0.5) is 4.39 Å². The molecular weight excluding hydrogens is 201 g/mol. The van der Waals surface area contributed by atoms with Gasteiger partial charge in [-0.15, -0.1) is 0 Å². The van der Waals surface area contributed by atoms with E-state index < -0.39 is 0 Å². The van der Waals surface area contributed by atoms with E-state index in [-0.39, 0.29) is 5.82 Å². The van der Waals surface area contributed by atoms with Crippen molar-refractivity contribution >= 4 is 22.5 Å². The molecule has 2 aromatic rings. The molecule has 0 saturated heterocycles. The molecule has 0 atom stereocenters. The van der Waals surface area contributed by atoms with Gasteiger partial charge >= 0.3 is 0 Å². The number of hydrogen-bond acceptors (Lipinski definition) is 0. The summed E-state index contributed by atoms with van der Waals surface area (Å²) in [6, 6.07) is 6.54. The number of benzene rings is 1. The highest BCUT2D eigenvalue weighted by atomic mass is 35.5. The highest BCUT2D eigenvalue weighted by Gasteiger charge is 2.02. The standard InChI is InChI=1S/C11H9ClFN/c1-8(12)7-14-5-4-9-6-10(13)2-3-11(9)14/h2-6H,1,7H2. The Bertz CT molecular complexity index is 487. The van der Waals surface area contributed by atoms with E-state index in [9.17, 15) is 4.39 Å². The molecule has 0 unspecified atom stereocenters. The molecule has 0 aliphatic rings. The minimum Gasteiger partial charge on any atom is -0.342 e. The molecular formula is C11H9ClFN. The Morgan fingerprint density at radius 3 is 2.93 bits per heavy atom. The minimum absolute atomic E-state index is 0.222. The zero-order valence-electron chi connectivity index (χ0n) is 7.50. The number of aromatic nitrogens is 1. The van der Waals surface area contributed by atoms with E-state index in [1.807, 2.05) is 16.8 Å². The van der Waals surface area contributed by atoms with E-state index in [1.54, 1.807) is 6.07 Å². The Labute approximate surface area is 86.4 Å². The van der Waals surface area contributed by atoms with Crippen LogP contribution in [-0.2, 0) is 6.54 Å². The van der Waals surface area contributed by atoms with Gasteiger partial charge in [0.15, 0.2) is 0 Å². The zero-order chi connectivity index (χ0) is 10.1. The molecule has 0 radical (unpaired) electrons. The molecule has 2 rings (SSSR count). The first-order valence-corrected chi connectivity index (χ1v) is 4.62. The third-order valence-corrected chi connectivity index (χ3v) is 2.19. The predicted molar refractivity (Wildman–Crippen MR) is 56.9 cm³/mol. The number of hydrogen-bond donors (Lipinski definition) is 0. The molecule has 14 heavy (non-hydrogen) atoms. The lowest BCUT2D eigenvalue weighted by atomic mass is 10.2. The summed E-state index contributed by atoms with van der Waals surface area (Å²) < 4.78 is 14.8. The van der Waals surface area contributed by atoms with Crippen LogP contribution in [-0.4, -0.2) is 4.57 Å². The summed E-state index contributed by atoms with van der Waals surface area (Å²) >= 11 is 5.71. The molecule has 0 aliphatic carbocycles. The number of fused-ring (bicyclic) bond motifs is 1. The quantitative estimate of drug-likeness (QED) is 0.713. The second-order valence-corrected chi connectivity index (χ2v) is 3.70. The minimum atomic E-state index is -0.222. The van der Waals surface area contributed by atoms with Crippen molar-refractivity contribution in [2.45, 2.75) is 6.54 Å². The number of rotatable bonds is 2. The zero-order valence-corrected chi connectivity index (χ0v) is 8.26. The molecule has 1 nitrogen and oxygen atoms in total. The van der Waals surface area contributed by atoms with Crippen molar-refractivity contribution in [1.29, 1.82) is 0 Å². The van der Waals surface area contributed by atoms with Crippen molar-refractivity contribution in [2.24, 2.45) is 0 Å². The maximum absolute atomic E-state index is 12.9. The summed E-state index contributed by atoms with van der Waals surface area (Å²) in [5.74, 6) is -0.222. The molecule has 1 aromatic carbocycles. The number of nitrogens with zero attached hydrogens (tertiary/aromatic N) is 1. The summed E-state index contributed by atoms with van der Waals surface area (Å²) in [6.45, 7) is 4.18. The van der Waals surface area contributed by atoms with Gasteiger partial charge in [-0.1, -0.05) is 18.2 Å². The summed E-state index contributed by atoms with van der Waals surface area (Å²) in [4.78, 5) is 0. The van der Waals surface area contributed by atoms with Gasteiger partial charge in [0.2, 0.25) is 0 Å². The van der Waals surface area contributed by atoms with Crippen molar-refractivity contribution in [3.63, 3.8) is 0 Å². The van der Waals surface area contributed by atoms with Gasteiger partial charge in [0.1, 0.15) is 5.82 Å². The summed E-state index contributed by atoms with van der Waals surface area (Å²) in [5.41, 5.74) is 0.966. The fourth-order valence-corrected chi connectivity index (χ4v) is 1.62. The average molecular weight is 210 g/mol. The Hall–Kier alpha value is -1.28.